The number of Topliss-reactive ketones (excluding diaryl/α,β-unsaturated/α-hetero) is 1. The van der Waals surface area contributed by atoms with E-state index in [0.717, 1.165) is 38.5 Å². The number of carbonyl (C=O) groups is 2. The summed E-state index contributed by atoms with van der Waals surface area (Å²) in [6, 6.07) is 0. The molecule has 1 saturated carbocycles. The van der Waals surface area contributed by atoms with Crippen molar-refractivity contribution < 1.29 is 24.3 Å². The van der Waals surface area contributed by atoms with Crippen molar-refractivity contribution in [2.75, 3.05) is 7.11 Å². The maximum absolute atomic E-state index is 12.6. The number of hydrogen-bond acceptors (Lipinski definition) is 6. The molecule has 1 heterocycles. The van der Waals surface area contributed by atoms with Gasteiger partial charge in [0.1, 0.15) is 5.78 Å². The number of rotatable bonds is 12. The van der Waals surface area contributed by atoms with Gasteiger partial charge < -0.3 is 9.84 Å². The maximum Gasteiger partial charge on any atom is 0.305 e. The van der Waals surface area contributed by atoms with Crippen molar-refractivity contribution in [3.63, 3.8) is 0 Å². The van der Waals surface area contributed by atoms with Gasteiger partial charge >= 0.3 is 5.97 Å². The fourth-order valence-corrected chi connectivity index (χ4v) is 5.61. The summed E-state index contributed by atoms with van der Waals surface area (Å²) in [5.74, 6) is 5.47. The van der Waals surface area contributed by atoms with Gasteiger partial charge in [-0.25, -0.2) is 0 Å². The van der Waals surface area contributed by atoms with Crippen molar-refractivity contribution in [1.29, 1.82) is 0 Å². The van der Waals surface area contributed by atoms with Crippen molar-refractivity contribution in [2.24, 2.45) is 11.8 Å². The molecule has 2 fully saturated rings. The molecule has 0 spiro atoms. The molecule has 0 bridgehead atoms. The van der Waals surface area contributed by atoms with E-state index < -0.39 is 6.10 Å². The first-order chi connectivity index (χ1) is 17.0. The van der Waals surface area contributed by atoms with Gasteiger partial charge in [-0.2, -0.15) is 5.06 Å². The third kappa shape index (κ3) is 9.01. The van der Waals surface area contributed by atoms with Crippen LogP contribution in [0.25, 0.3) is 0 Å². The first kappa shape index (κ1) is 30.5. The van der Waals surface area contributed by atoms with Crippen LogP contribution < -0.4 is 0 Å². The molecule has 0 aromatic rings. The summed E-state index contributed by atoms with van der Waals surface area (Å²) in [5.41, 5.74) is -0.0964. The number of esters is 1. The number of hydroxylamine groups is 2. The molecule has 204 valence electrons. The molecule has 4 atom stereocenters. The second-order valence-corrected chi connectivity index (χ2v) is 11.7. The summed E-state index contributed by atoms with van der Waals surface area (Å²) in [4.78, 5) is 30.5. The summed E-state index contributed by atoms with van der Waals surface area (Å²) in [5, 5.41) is 12.9. The largest absolute Gasteiger partial charge is 0.469 e. The van der Waals surface area contributed by atoms with E-state index in [1.165, 1.54) is 13.5 Å². The number of nitrogens with zero attached hydrogens (tertiary/aromatic N) is 1. The summed E-state index contributed by atoms with van der Waals surface area (Å²) < 4.78 is 4.65. The molecule has 1 unspecified atom stereocenters. The molecule has 1 saturated heterocycles. The number of hydrogen-bond donors (Lipinski definition) is 1. The summed E-state index contributed by atoms with van der Waals surface area (Å²) >= 11 is 0. The van der Waals surface area contributed by atoms with Gasteiger partial charge in [0.05, 0.1) is 19.3 Å². The van der Waals surface area contributed by atoms with E-state index in [0.29, 0.717) is 25.7 Å². The Labute approximate surface area is 219 Å². The highest BCUT2D eigenvalue weighted by Crippen LogP contribution is 2.39. The average Bonchev–Trinajstić information content (AvgIpc) is 3.07. The van der Waals surface area contributed by atoms with Crippen LogP contribution >= 0.6 is 0 Å². The number of aliphatic hydroxyl groups excluding tert-OH is 1. The summed E-state index contributed by atoms with van der Waals surface area (Å²) in [6.45, 7) is 11.2. The van der Waals surface area contributed by atoms with Crippen molar-refractivity contribution in [3.05, 3.63) is 12.2 Å². The Morgan fingerprint density at radius 1 is 1.17 bits per heavy atom. The molecule has 2 rings (SSSR count). The molecule has 1 aliphatic heterocycles. The topological polar surface area (TPSA) is 76.1 Å². The van der Waals surface area contributed by atoms with Gasteiger partial charge in [-0.3, -0.25) is 14.4 Å². The van der Waals surface area contributed by atoms with E-state index in [4.69, 9.17) is 4.84 Å². The van der Waals surface area contributed by atoms with Crippen molar-refractivity contribution in [3.8, 4) is 11.8 Å². The molecule has 6 heteroatoms. The molecular weight excluding hydrogens is 454 g/mol. The molecule has 0 aromatic carbocycles. The minimum atomic E-state index is -0.681. The second kappa shape index (κ2) is 14.3. The lowest BCUT2D eigenvalue weighted by atomic mass is 9.82. The van der Waals surface area contributed by atoms with Gasteiger partial charge in [-0.15, -0.1) is 11.8 Å². The van der Waals surface area contributed by atoms with E-state index in [9.17, 15) is 14.7 Å². The number of ketones is 1. The lowest BCUT2D eigenvalue weighted by molar-refractivity contribution is -0.297. The standard InChI is InChI=1S/C30H49NO5/c1-7-8-11-15-23(36-31-29(2,3)20-14-21-30(31,4)5)18-19-25-24(26(32)22-27(25)33)16-12-9-10-13-17-28(34)35-6/h18-19,23-25,27,33H,7-8,10-11,13-17,20-22H2,1-6H3/b19-18+/t23?,24-,25-,27-/m1/s1. The van der Waals surface area contributed by atoms with Crippen molar-refractivity contribution >= 4 is 11.8 Å². The highest BCUT2D eigenvalue weighted by atomic mass is 16.7. The summed E-state index contributed by atoms with van der Waals surface area (Å²) in [6.07, 6.45) is 13.2. The Bertz CT molecular complexity index is 790. The molecule has 6 nitrogen and oxygen atoms in total. The van der Waals surface area contributed by atoms with Gasteiger partial charge in [0.25, 0.3) is 0 Å². The number of unbranched alkanes of at least 4 members (excludes halogenated alkanes) is 3. The second-order valence-electron chi connectivity index (χ2n) is 11.7. The Kier molecular flexibility index (Phi) is 12.1. The number of piperidine rings is 1. The van der Waals surface area contributed by atoms with Crippen molar-refractivity contribution in [1.82, 2.24) is 5.06 Å². The predicted molar refractivity (Wildman–Crippen MR) is 143 cm³/mol. The Morgan fingerprint density at radius 3 is 2.50 bits per heavy atom. The zero-order chi connectivity index (χ0) is 26.8. The molecule has 2 aliphatic rings. The quantitative estimate of drug-likeness (QED) is 0.158. The number of carbonyl (C=O) groups excluding carboxylic acids is 2. The molecule has 1 aliphatic carbocycles. The van der Waals surface area contributed by atoms with Crippen LogP contribution in [0.3, 0.4) is 0 Å². The van der Waals surface area contributed by atoms with E-state index in [1.807, 2.05) is 6.08 Å². The number of methoxy groups -OCH3 is 1. The molecule has 36 heavy (non-hydrogen) atoms. The lowest BCUT2D eigenvalue weighted by Crippen LogP contribution is -2.59. The van der Waals surface area contributed by atoms with E-state index in [-0.39, 0.29) is 47.2 Å². The highest BCUT2D eigenvalue weighted by molar-refractivity contribution is 5.85. The first-order valence-electron chi connectivity index (χ1n) is 13.9. The minimum Gasteiger partial charge on any atom is -0.469 e. The van der Waals surface area contributed by atoms with Gasteiger partial charge in [0.15, 0.2) is 0 Å². The Hall–Kier alpha value is -1.68. The molecule has 1 N–H and O–H groups in total. The zero-order valence-corrected chi connectivity index (χ0v) is 23.5. The molecular formula is C30H49NO5. The zero-order valence-electron chi connectivity index (χ0n) is 23.5. The lowest BCUT2D eigenvalue weighted by Gasteiger charge is -2.52. The fraction of sp³-hybridized carbons (Fsp3) is 0.800. The van der Waals surface area contributed by atoms with Crippen LogP contribution in [0.1, 0.15) is 112 Å². The SMILES string of the molecule is CCCCCC(/C=C/[C@H]1[C@H](O)CC(=O)[C@@H]1CC#CCCCC(=O)OC)ON1C(C)(C)CCCC1(C)C. The molecule has 0 radical (unpaired) electrons. The minimum absolute atomic E-state index is 0.0482. The Balaban J connectivity index is 2.09. The van der Waals surface area contributed by atoms with Crippen LogP contribution in [0.2, 0.25) is 0 Å². The Morgan fingerprint density at radius 2 is 1.86 bits per heavy atom. The van der Waals surface area contributed by atoms with Crippen molar-refractivity contribution in [2.45, 2.75) is 135 Å². The van der Waals surface area contributed by atoms with Gasteiger partial charge in [-0.1, -0.05) is 38.3 Å². The van der Waals surface area contributed by atoms with Crippen LogP contribution in [0.4, 0.5) is 0 Å². The fourth-order valence-electron chi connectivity index (χ4n) is 5.61. The first-order valence-corrected chi connectivity index (χ1v) is 13.9. The average molecular weight is 504 g/mol. The smallest absolute Gasteiger partial charge is 0.305 e. The van der Waals surface area contributed by atoms with Gasteiger partial charge in [0, 0.05) is 48.6 Å². The maximum atomic E-state index is 12.6. The molecule has 0 aromatic heterocycles. The van der Waals surface area contributed by atoms with E-state index >= 15 is 0 Å². The van der Waals surface area contributed by atoms with Crippen LogP contribution in [-0.2, 0) is 19.2 Å². The molecule has 0 amide bonds. The normalized spacial score (nSPS) is 26.5. The van der Waals surface area contributed by atoms with Crippen LogP contribution in [0, 0.1) is 23.7 Å². The third-order valence-corrected chi connectivity index (χ3v) is 7.65. The summed E-state index contributed by atoms with van der Waals surface area (Å²) in [7, 11) is 1.38. The highest BCUT2D eigenvalue weighted by Gasteiger charge is 2.44. The van der Waals surface area contributed by atoms with Gasteiger partial charge in [0.2, 0.25) is 0 Å². The van der Waals surface area contributed by atoms with Crippen LogP contribution in [-0.4, -0.2) is 52.3 Å². The number of ether oxygens (including phenoxy) is 1. The van der Waals surface area contributed by atoms with Crippen LogP contribution in [0.5, 0.6) is 0 Å². The van der Waals surface area contributed by atoms with E-state index in [1.54, 1.807) is 0 Å². The number of aliphatic hydroxyl groups is 1. The van der Waals surface area contributed by atoms with Gasteiger partial charge in [-0.05, 0) is 59.8 Å². The van der Waals surface area contributed by atoms with E-state index in [2.05, 4.69) is 62.3 Å². The van der Waals surface area contributed by atoms with Crippen LogP contribution in [0.15, 0.2) is 12.2 Å². The predicted octanol–water partition coefficient (Wildman–Crippen LogP) is 5.77. The third-order valence-electron chi connectivity index (χ3n) is 7.65. The monoisotopic (exact) mass is 503 g/mol.